The van der Waals surface area contributed by atoms with Crippen molar-refractivity contribution in [2.45, 2.75) is 54.6 Å². The zero-order chi connectivity index (χ0) is 18.6. The number of rotatable bonds is 4. The van der Waals surface area contributed by atoms with Crippen LogP contribution < -0.4 is 10.6 Å². The second-order valence-corrected chi connectivity index (χ2v) is 8.55. The predicted molar refractivity (Wildman–Crippen MR) is 110 cm³/mol. The van der Waals surface area contributed by atoms with Crippen LogP contribution in [-0.2, 0) is 9.59 Å². The largest absolute Gasteiger partial charge is 0.326 e. The number of para-hydroxylation sites is 1. The maximum Gasteiger partial charge on any atom is 0.238 e. The Balaban J connectivity index is 1.35. The van der Waals surface area contributed by atoms with Crippen LogP contribution in [0.4, 0.5) is 11.4 Å². The van der Waals surface area contributed by atoms with Gasteiger partial charge in [0.05, 0.1) is 10.9 Å². The molecule has 1 heterocycles. The number of hydrogen-bond donors (Lipinski definition) is 2. The minimum absolute atomic E-state index is 0.110. The molecule has 5 heteroatoms. The average Bonchev–Trinajstić information content (AvgIpc) is 2.70. The number of carbonyl (C=O) groups excluding carboxylic acids is 2. The van der Waals surface area contributed by atoms with Gasteiger partial charge in [-0.3, -0.25) is 9.59 Å². The van der Waals surface area contributed by atoms with Crippen molar-refractivity contribution in [3.8, 4) is 0 Å². The lowest BCUT2D eigenvalue weighted by atomic mass is 9.84. The molecule has 0 radical (unpaired) electrons. The minimum atomic E-state index is -0.401. The number of thioether (sulfide) groups is 1. The third kappa shape index (κ3) is 4.35. The van der Waals surface area contributed by atoms with Crippen LogP contribution in [0.2, 0.25) is 0 Å². The summed E-state index contributed by atoms with van der Waals surface area (Å²) in [5, 5.41) is 5.41. The monoisotopic (exact) mass is 380 g/mol. The summed E-state index contributed by atoms with van der Waals surface area (Å²) in [6.45, 7) is 0. The Hall–Kier alpha value is -2.27. The van der Waals surface area contributed by atoms with Crippen LogP contribution in [0.1, 0.15) is 50.0 Å². The summed E-state index contributed by atoms with van der Waals surface area (Å²) in [7, 11) is 0. The first-order valence-corrected chi connectivity index (χ1v) is 10.5. The number of amides is 2. The van der Waals surface area contributed by atoms with Gasteiger partial charge in [0.2, 0.25) is 11.8 Å². The van der Waals surface area contributed by atoms with E-state index < -0.39 is 5.25 Å². The molecule has 1 atom stereocenters. The van der Waals surface area contributed by atoms with Gasteiger partial charge in [0, 0.05) is 17.0 Å². The molecule has 2 aliphatic rings. The standard InChI is InChI=1S/C22H24N2O2S/c25-21(14-20-22(26)24-18-8-4-5-9-19(18)27-20)23-17-12-10-16(11-13-17)15-6-2-1-3-7-15/h4-5,8-13,15,20H,1-3,6-7,14H2,(H,23,25)(H,24,26). The van der Waals surface area contributed by atoms with Crippen LogP contribution in [0, 0.1) is 0 Å². The highest BCUT2D eigenvalue weighted by Crippen LogP contribution is 2.37. The van der Waals surface area contributed by atoms with E-state index >= 15 is 0 Å². The molecule has 0 spiro atoms. The fourth-order valence-electron chi connectivity index (χ4n) is 3.88. The van der Waals surface area contributed by atoms with E-state index in [1.807, 2.05) is 36.4 Å². The normalized spacial score (nSPS) is 19.9. The van der Waals surface area contributed by atoms with Gasteiger partial charge < -0.3 is 10.6 Å². The molecule has 1 fully saturated rings. The van der Waals surface area contributed by atoms with Crippen LogP contribution in [0.15, 0.2) is 53.4 Å². The van der Waals surface area contributed by atoms with Gasteiger partial charge in [-0.2, -0.15) is 0 Å². The first-order valence-electron chi connectivity index (χ1n) is 9.65. The molecule has 1 saturated carbocycles. The van der Waals surface area contributed by atoms with Crippen LogP contribution in [0.25, 0.3) is 0 Å². The molecule has 27 heavy (non-hydrogen) atoms. The van der Waals surface area contributed by atoms with Gasteiger partial charge in [0.25, 0.3) is 0 Å². The molecule has 1 unspecified atom stereocenters. The van der Waals surface area contributed by atoms with Gasteiger partial charge >= 0.3 is 0 Å². The zero-order valence-electron chi connectivity index (χ0n) is 15.2. The van der Waals surface area contributed by atoms with Crippen molar-refractivity contribution in [2.24, 2.45) is 0 Å². The lowest BCUT2D eigenvalue weighted by molar-refractivity contribution is -0.120. The maximum absolute atomic E-state index is 12.4. The summed E-state index contributed by atoms with van der Waals surface area (Å²) in [6.07, 6.45) is 6.67. The Morgan fingerprint density at radius 3 is 2.56 bits per heavy atom. The number of anilines is 2. The summed E-state index contributed by atoms with van der Waals surface area (Å²) >= 11 is 1.45. The minimum Gasteiger partial charge on any atom is -0.326 e. The molecular weight excluding hydrogens is 356 g/mol. The van der Waals surface area contributed by atoms with Gasteiger partial charge in [-0.25, -0.2) is 0 Å². The van der Waals surface area contributed by atoms with Gasteiger partial charge in [-0.05, 0) is 48.6 Å². The second kappa shape index (κ2) is 8.17. The Labute approximate surface area is 164 Å². The lowest BCUT2D eigenvalue weighted by Gasteiger charge is -2.23. The Kier molecular flexibility index (Phi) is 5.48. The fraction of sp³-hybridized carbons (Fsp3) is 0.364. The summed E-state index contributed by atoms with van der Waals surface area (Å²) in [4.78, 5) is 25.7. The number of nitrogens with one attached hydrogen (secondary N) is 2. The lowest BCUT2D eigenvalue weighted by Crippen LogP contribution is -2.32. The van der Waals surface area contributed by atoms with Crippen molar-refractivity contribution in [3.63, 3.8) is 0 Å². The van der Waals surface area contributed by atoms with Crippen LogP contribution in [-0.4, -0.2) is 17.1 Å². The SMILES string of the molecule is O=C(CC1Sc2ccccc2NC1=O)Nc1ccc(C2CCCCC2)cc1. The predicted octanol–water partition coefficient (Wildman–Crippen LogP) is 5.18. The van der Waals surface area contributed by atoms with E-state index in [9.17, 15) is 9.59 Å². The van der Waals surface area contributed by atoms with E-state index in [0.717, 1.165) is 16.3 Å². The quantitative estimate of drug-likeness (QED) is 0.769. The van der Waals surface area contributed by atoms with Crippen LogP contribution in [0.3, 0.4) is 0 Å². The van der Waals surface area contributed by atoms with E-state index in [4.69, 9.17) is 0 Å². The Bertz CT molecular complexity index is 828. The number of fused-ring (bicyclic) bond motifs is 1. The van der Waals surface area contributed by atoms with Gasteiger partial charge in [0.1, 0.15) is 0 Å². The molecule has 0 bridgehead atoms. The van der Waals surface area contributed by atoms with E-state index in [1.165, 1.54) is 49.4 Å². The van der Waals surface area contributed by atoms with Gasteiger partial charge in [-0.15, -0.1) is 11.8 Å². The highest BCUT2D eigenvalue weighted by Gasteiger charge is 2.28. The molecule has 1 aliphatic carbocycles. The number of benzene rings is 2. The summed E-state index contributed by atoms with van der Waals surface area (Å²) in [5.41, 5.74) is 2.98. The molecule has 4 nitrogen and oxygen atoms in total. The van der Waals surface area contributed by atoms with Crippen LogP contribution in [0.5, 0.6) is 0 Å². The first kappa shape index (κ1) is 18.1. The summed E-state index contributed by atoms with van der Waals surface area (Å²) < 4.78 is 0. The molecule has 2 aromatic carbocycles. The van der Waals surface area contributed by atoms with Crippen molar-refractivity contribution >= 4 is 35.0 Å². The third-order valence-corrected chi connectivity index (χ3v) is 6.62. The molecule has 2 N–H and O–H groups in total. The summed E-state index contributed by atoms with van der Waals surface area (Å²) in [5.74, 6) is 0.417. The van der Waals surface area contributed by atoms with Crippen molar-refractivity contribution in [1.29, 1.82) is 0 Å². The zero-order valence-corrected chi connectivity index (χ0v) is 16.1. The average molecular weight is 381 g/mol. The van der Waals surface area contributed by atoms with Crippen LogP contribution >= 0.6 is 11.8 Å². The Morgan fingerprint density at radius 1 is 1.04 bits per heavy atom. The number of carbonyl (C=O) groups is 2. The van der Waals surface area contributed by atoms with E-state index in [-0.39, 0.29) is 18.2 Å². The summed E-state index contributed by atoms with van der Waals surface area (Å²) in [6, 6.07) is 15.9. The van der Waals surface area contributed by atoms with E-state index in [0.29, 0.717) is 5.92 Å². The first-order chi connectivity index (χ1) is 13.2. The van der Waals surface area contributed by atoms with Crippen molar-refractivity contribution < 1.29 is 9.59 Å². The second-order valence-electron chi connectivity index (χ2n) is 7.30. The van der Waals surface area contributed by atoms with E-state index in [2.05, 4.69) is 22.8 Å². The molecule has 1 aliphatic heterocycles. The molecule has 2 aromatic rings. The molecule has 4 rings (SSSR count). The number of hydrogen-bond acceptors (Lipinski definition) is 3. The van der Waals surface area contributed by atoms with Crippen molar-refractivity contribution in [1.82, 2.24) is 0 Å². The van der Waals surface area contributed by atoms with Gasteiger partial charge in [0.15, 0.2) is 0 Å². The highest BCUT2D eigenvalue weighted by molar-refractivity contribution is 8.01. The smallest absolute Gasteiger partial charge is 0.238 e. The van der Waals surface area contributed by atoms with Crippen molar-refractivity contribution in [2.75, 3.05) is 10.6 Å². The molecule has 2 amide bonds. The molecule has 140 valence electrons. The molecule has 0 aromatic heterocycles. The third-order valence-electron chi connectivity index (χ3n) is 5.35. The molecule has 0 saturated heterocycles. The topological polar surface area (TPSA) is 58.2 Å². The fourth-order valence-corrected chi connectivity index (χ4v) is 4.99. The Morgan fingerprint density at radius 2 is 1.78 bits per heavy atom. The van der Waals surface area contributed by atoms with Crippen molar-refractivity contribution in [3.05, 3.63) is 54.1 Å². The van der Waals surface area contributed by atoms with Gasteiger partial charge in [-0.1, -0.05) is 43.5 Å². The maximum atomic E-state index is 12.4. The van der Waals surface area contributed by atoms with E-state index in [1.54, 1.807) is 0 Å². The highest BCUT2D eigenvalue weighted by atomic mass is 32.2. The molecular formula is C22H24N2O2S.